The van der Waals surface area contributed by atoms with Gasteiger partial charge in [-0.05, 0) is 48.6 Å². The average Bonchev–Trinajstić information content (AvgIpc) is 3.16. The fourth-order valence-electron chi connectivity index (χ4n) is 2.83. The van der Waals surface area contributed by atoms with Crippen LogP contribution in [0.4, 0.5) is 0 Å². The molecule has 2 aromatic carbocycles. The van der Waals surface area contributed by atoms with E-state index in [9.17, 15) is 0 Å². The molecule has 0 aliphatic heterocycles. The van der Waals surface area contributed by atoms with E-state index in [4.69, 9.17) is 10.5 Å². The third-order valence-electron chi connectivity index (χ3n) is 4.31. The van der Waals surface area contributed by atoms with Gasteiger partial charge in [0, 0.05) is 16.3 Å². The van der Waals surface area contributed by atoms with E-state index in [-0.39, 0.29) is 6.10 Å². The van der Waals surface area contributed by atoms with Crippen LogP contribution in [0.2, 0.25) is 0 Å². The van der Waals surface area contributed by atoms with Crippen molar-refractivity contribution >= 4 is 11.3 Å². The van der Waals surface area contributed by atoms with Gasteiger partial charge in [-0.15, -0.1) is 11.3 Å². The molecule has 3 rings (SSSR count). The Kier molecular flexibility index (Phi) is 9.26. The van der Waals surface area contributed by atoms with Gasteiger partial charge in [-0.25, -0.2) is 0 Å². The Bertz CT molecular complexity index is 765. The molecule has 1 atom stereocenters. The number of hydrogen-bond acceptors (Lipinski definition) is 3. The van der Waals surface area contributed by atoms with E-state index in [2.05, 4.69) is 73.7 Å². The zero-order chi connectivity index (χ0) is 19.5. The van der Waals surface area contributed by atoms with Gasteiger partial charge < -0.3 is 10.5 Å². The molecule has 1 heterocycles. The van der Waals surface area contributed by atoms with Gasteiger partial charge in [0.15, 0.2) is 0 Å². The van der Waals surface area contributed by atoms with Crippen molar-refractivity contribution < 1.29 is 4.74 Å². The molecule has 1 aromatic heterocycles. The molecule has 3 aromatic rings. The second-order valence-corrected chi connectivity index (χ2v) is 7.61. The Balaban J connectivity index is 0.00000126. The monoisotopic (exact) mass is 381 g/mol. The van der Waals surface area contributed by atoms with E-state index in [1.807, 2.05) is 13.8 Å². The summed E-state index contributed by atoms with van der Waals surface area (Å²) in [7, 11) is 0. The lowest BCUT2D eigenvalue weighted by Crippen LogP contribution is -2.14. The maximum Gasteiger partial charge on any atom is 0.104 e. The fourth-order valence-corrected chi connectivity index (χ4v) is 3.76. The van der Waals surface area contributed by atoms with Crippen LogP contribution in [0.15, 0.2) is 66.7 Å². The van der Waals surface area contributed by atoms with E-state index in [0.29, 0.717) is 13.2 Å². The third-order valence-corrected chi connectivity index (χ3v) is 5.40. The minimum Gasteiger partial charge on any atom is -0.367 e. The number of hydrogen-bond donors (Lipinski definition) is 1. The summed E-state index contributed by atoms with van der Waals surface area (Å²) >= 11 is 1.76. The highest BCUT2D eigenvalue weighted by atomic mass is 32.1. The number of benzene rings is 2. The molecule has 0 fully saturated rings. The molecule has 0 saturated heterocycles. The quantitative estimate of drug-likeness (QED) is 0.513. The maximum absolute atomic E-state index is 6.03. The summed E-state index contributed by atoms with van der Waals surface area (Å²) in [5.41, 5.74) is 9.81. The summed E-state index contributed by atoms with van der Waals surface area (Å²) in [4.78, 5) is 2.50. The summed E-state index contributed by atoms with van der Waals surface area (Å²) in [6.45, 7) is 7.21. The minimum absolute atomic E-state index is 0.0172. The molecule has 1 unspecified atom stereocenters. The van der Waals surface area contributed by atoms with Gasteiger partial charge in [0.05, 0.1) is 6.61 Å². The lowest BCUT2D eigenvalue weighted by Gasteiger charge is -2.14. The van der Waals surface area contributed by atoms with Crippen LogP contribution in [0.5, 0.6) is 0 Å². The average molecular weight is 382 g/mol. The molecular formula is C24H31NOS. The number of thiophene rings is 1. The maximum atomic E-state index is 6.03. The predicted molar refractivity (Wildman–Crippen MR) is 117 cm³/mol. The van der Waals surface area contributed by atoms with Gasteiger partial charge in [0.1, 0.15) is 6.10 Å². The van der Waals surface area contributed by atoms with E-state index >= 15 is 0 Å². The Morgan fingerprint density at radius 2 is 1.41 bits per heavy atom. The van der Waals surface area contributed by atoms with Crippen LogP contribution < -0.4 is 5.73 Å². The van der Waals surface area contributed by atoms with Crippen LogP contribution in [0, 0.1) is 6.92 Å². The van der Waals surface area contributed by atoms with Gasteiger partial charge in [-0.3, -0.25) is 0 Å². The first-order valence-electron chi connectivity index (χ1n) is 9.74. The smallest absolute Gasteiger partial charge is 0.104 e. The molecule has 0 bridgehead atoms. The highest BCUT2D eigenvalue weighted by molar-refractivity contribution is 7.12. The van der Waals surface area contributed by atoms with Crippen LogP contribution in [0.25, 0.3) is 0 Å². The van der Waals surface area contributed by atoms with Crippen LogP contribution in [-0.4, -0.2) is 6.54 Å². The molecule has 0 spiro atoms. The highest BCUT2D eigenvalue weighted by Gasteiger charge is 2.12. The summed E-state index contributed by atoms with van der Waals surface area (Å²) in [5.74, 6) is 0. The van der Waals surface area contributed by atoms with Crippen LogP contribution in [0.3, 0.4) is 0 Å². The van der Waals surface area contributed by atoms with Crippen molar-refractivity contribution in [2.45, 2.75) is 46.3 Å². The van der Waals surface area contributed by atoms with E-state index in [1.54, 1.807) is 11.3 Å². The summed E-state index contributed by atoms with van der Waals surface area (Å²) in [5, 5.41) is 0. The van der Waals surface area contributed by atoms with Crippen LogP contribution in [-0.2, 0) is 24.2 Å². The lowest BCUT2D eigenvalue weighted by atomic mass is 10.0. The van der Waals surface area contributed by atoms with Crippen LogP contribution in [0.1, 0.15) is 46.4 Å². The van der Waals surface area contributed by atoms with Crippen LogP contribution >= 0.6 is 11.3 Å². The number of aryl methyl sites for hydroxylation is 3. The van der Waals surface area contributed by atoms with Crippen molar-refractivity contribution in [3.63, 3.8) is 0 Å². The summed E-state index contributed by atoms with van der Waals surface area (Å²) in [6, 6.07) is 23.6. The second-order valence-electron chi connectivity index (χ2n) is 6.29. The second kappa shape index (κ2) is 11.7. The number of rotatable bonds is 8. The molecule has 0 radical (unpaired) electrons. The zero-order valence-electron chi connectivity index (χ0n) is 16.7. The first kappa shape index (κ1) is 21.4. The molecule has 0 amide bonds. The summed E-state index contributed by atoms with van der Waals surface area (Å²) in [6.07, 6.45) is 2.12. The normalized spacial score (nSPS) is 11.6. The van der Waals surface area contributed by atoms with Gasteiger partial charge in [-0.2, -0.15) is 0 Å². The number of nitrogens with two attached hydrogens (primary N) is 1. The molecule has 144 valence electrons. The topological polar surface area (TPSA) is 35.2 Å². The third kappa shape index (κ3) is 6.94. The van der Waals surface area contributed by atoms with Gasteiger partial charge in [0.25, 0.3) is 0 Å². The molecule has 0 aliphatic carbocycles. The Hall–Kier alpha value is -1.94. The van der Waals surface area contributed by atoms with Gasteiger partial charge >= 0.3 is 0 Å². The molecule has 2 N–H and O–H groups in total. The molecule has 3 heteroatoms. The van der Waals surface area contributed by atoms with Gasteiger partial charge in [-0.1, -0.05) is 68.4 Å². The first-order chi connectivity index (χ1) is 13.2. The molecule has 27 heavy (non-hydrogen) atoms. The van der Waals surface area contributed by atoms with E-state index in [0.717, 1.165) is 12.8 Å². The zero-order valence-corrected chi connectivity index (χ0v) is 17.5. The standard InChI is InChI=1S/C22H25NOS.C2H6/c1-17-7-14-22(25-17)21(15-23)24-16-20-12-10-19(11-13-20)9-8-18-5-3-2-4-6-18;1-2/h2-7,10-14,21H,8-9,15-16,23H2,1H3;1-2H3. The van der Waals surface area contributed by atoms with Crippen molar-refractivity contribution in [1.29, 1.82) is 0 Å². The molecule has 0 saturated carbocycles. The fraction of sp³-hybridized carbons (Fsp3) is 0.333. The Morgan fingerprint density at radius 3 is 1.96 bits per heavy atom. The number of ether oxygens (including phenoxy) is 1. The van der Waals surface area contributed by atoms with E-state index in [1.165, 1.54) is 26.4 Å². The SMILES string of the molecule is CC.Cc1ccc(C(CN)OCc2ccc(CCc3ccccc3)cc2)s1. The molecule has 0 aliphatic rings. The Labute approximate surface area is 168 Å². The highest BCUT2D eigenvalue weighted by Crippen LogP contribution is 2.25. The Morgan fingerprint density at radius 1 is 0.815 bits per heavy atom. The molecular weight excluding hydrogens is 350 g/mol. The molecule has 2 nitrogen and oxygen atoms in total. The van der Waals surface area contributed by atoms with Crippen molar-refractivity contribution in [2.75, 3.05) is 6.54 Å². The van der Waals surface area contributed by atoms with Gasteiger partial charge in [0.2, 0.25) is 0 Å². The van der Waals surface area contributed by atoms with Crippen molar-refractivity contribution in [3.05, 3.63) is 93.2 Å². The lowest BCUT2D eigenvalue weighted by molar-refractivity contribution is 0.0480. The first-order valence-corrected chi connectivity index (χ1v) is 10.6. The summed E-state index contributed by atoms with van der Waals surface area (Å²) < 4.78 is 6.03. The minimum atomic E-state index is -0.0172. The van der Waals surface area contributed by atoms with E-state index < -0.39 is 0 Å². The van der Waals surface area contributed by atoms with Crippen molar-refractivity contribution in [1.82, 2.24) is 0 Å². The predicted octanol–water partition coefficient (Wildman–Crippen LogP) is 6.08. The van der Waals surface area contributed by atoms with Crippen molar-refractivity contribution in [3.8, 4) is 0 Å². The largest absolute Gasteiger partial charge is 0.367 e. The van der Waals surface area contributed by atoms with Crippen molar-refractivity contribution in [2.24, 2.45) is 5.73 Å².